The minimum Gasteiger partial charge on any atom is -0.476 e. The number of hydrogen-bond acceptors (Lipinski definition) is 6. The molecule has 2 aliphatic rings. The van der Waals surface area contributed by atoms with Crippen molar-refractivity contribution in [3.63, 3.8) is 0 Å². The Morgan fingerprint density at radius 3 is 2.65 bits per heavy atom. The van der Waals surface area contributed by atoms with Gasteiger partial charge >= 0.3 is 0 Å². The van der Waals surface area contributed by atoms with Crippen LogP contribution in [-0.2, 0) is 0 Å². The summed E-state index contributed by atoms with van der Waals surface area (Å²) < 4.78 is 7.70. The highest BCUT2D eigenvalue weighted by Crippen LogP contribution is 2.38. The third-order valence-electron chi connectivity index (χ3n) is 5.30. The van der Waals surface area contributed by atoms with E-state index in [9.17, 15) is 0 Å². The van der Waals surface area contributed by atoms with E-state index in [2.05, 4.69) is 37.3 Å². The van der Waals surface area contributed by atoms with Gasteiger partial charge in [0.2, 0.25) is 5.88 Å². The highest BCUT2D eigenvalue weighted by molar-refractivity contribution is 5.45. The fraction of sp³-hybridized carbons (Fsp3) is 0.474. The zero-order chi connectivity index (χ0) is 17.3. The smallest absolute Gasteiger partial charge is 0.233 e. The van der Waals surface area contributed by atoms with Crippen molar-refractivity contribution in [3.05, 3.63) is 42.4 Å². The van der Waals surface area contributed by atoms with Crippen LogP contribution in [0, 0.1) is 5.92 Å². The monoisotopic (exact) mass is 350 g/mol. The summed E-state index contributed by atoms with van der Waals surface area (Å²) in [7, 11) is 0. The molecule has 1 aliphatic heterocycles. The Bertz CT molecular complexity index is 880. The maximum atomic E-state index is 5.87. The molecular weight excluding hydrogens is 328 g/mol. The van der Waals surface area contributed by atoms with Gasteiger partial charge in [0.05, 0.1) is 12.3 Å². The lowest BCUT2D eigenvalue weighted by Crippen LogP contribution is -2.36. The van der Waals surface area contributed by atoms with Gasteiger partial charge in [-0.1, -0.05) is 0 Å². The van der Waals surface area contributed by atoms with E-state index < -0.39 is 0 Å². The molecule has 2 fully saturated rings. The number of hydrogen-bond donors (Lipinski definition) is 0. The Labute approximate surface area is 152 Å². The van der Waals surface area contributed by atoms with E-state index in [0.29, 0.717) is 24.3 Å². The third kappa shape index (κ3) is 3.21. The Balaban J connectivity index is 1.14. The minimum absolute atomic E-state index is 0.549. The summed E-state index contributed by atoms with van der Waals surface area (Å²) in [5.74, 6) is 2.84. The van der Waals surface area contributed by atoms with E-state index in [1.807, 2.05) is 22.8 Å². The van der Waals surface area contributed by atoms with Crippen LogP contribution in [-0.4, -0.2) is 44.5 Å². The van der Waals surface area contributed by atoms with E-state index in [-0.39, 0.29) is 0 Å². The Morgan fingerprint density at radius 2 is 1.88 bits per heavy atom. The van der Waals surface area contributed by atoms with E-state index in [4.69, 9.17) is 4.74 Å². The molecule has 0 amide bonds. The molecule has 134 valence electrons. The topological polar surface area (TPSA) is 68.4 Å². The van der Waals surface area contributed by atoms with Crippen molar-refractivity contribution in [1.29, 1.82) is 0 Å². The molecular formula is C19H22N6O. The van der Waals surface area contributed by atoms with Crippen LogP contribution < -0.4 is 9.64 Å². The first-order valence-electron chi connectivity index (χ1n) is 9.37. The predicted molar refractivity (Wildman–Crippen MR) is 97.4 cm³/mol. The van der Waals surface area contributed by atoms with E-state index >= 15 is 0 Å². The second kappa shape index (κ2) is 6.55. The standard InChI is InChI=1S/C19H22N6O/c1-2-15(1)16-3-6-19(22-21-16)26-13-14-7-10-24(11-8-14)18-5-4-17-20-9-12-25(17)23-18/h3-6,9,12,14-15H,1-2,7-8,10-11,13H2. The number of anilines is 1. The molecule has 4 heterocycles. The van der Waals surface area contributed by atoms with Crippen LogP contribution in [0.15, 0.2) is 36.7 Å². The highest BCUT2D eigenvalue weighted by atomic mass is 16.5. The van der Waals surface area contributed by atoms with Gasteiger partial charge in [0.15, 0.2) is 5.65 Å². The normalized spacial score (nSPS) is 18.4. The number of aromatic nitrogens is 5. The zero-order valence-corrected chi connectivity index (χ0v) is 14.7. The van der Waals surface area contributed by atoms with Crippen molar-refractivity contribution >= 4 is 11.5 Å². The zero-order valence-electron chi connectivity index (χ0n) is 14.7. The number of piperidine rings is 1. The van der Waals surface area contributed by atoms with Crippen molar-refractivity contribution in [2.75, 3.05) is 24.6 Å². The Morgan fingerprint density at radius 1 is 1.00 bits per heavy atom. The molecule has 0 atom stereocenters. The SMILES string of the molecule is c1cn2nc(N3CCC(COc4ccc(C5CC5)nn4)CC3)ccc2n1. The molecule has 1 aliphatic carbocycles. The van der Waals surface area contributed by atoms with Gasteiger partial charge in [-0.2, -0.15) is 5.10 Å². The van der Waals surface area contributed by atoms with Gasteiger partial charge in [0, 0.05) is 37.5 Å². The fourth-order valence-corrected chi connectivity index (χ4v) is 3.51. The molecule has 5 rings (SSSR count). The van der Waals surface area contributed by atoms with Gasteiger partial charge in [-0.15, -0.1) is 10.2 Å². The average Bonchev–Trinajstić information content (AvgIpc) is 3.44. The first-order chi connectivity index (χ1) is 12.8. The Hall–Kier alpha value is -2.70. The van der Waals surface area contributed by atoms with Crippen LogP contribution in [0.4, 0.5) is 5.82 Å². The Kier molecular flexibility index (Phi) is 3.92. The lowest BCUT2D eigenvalue weighted by atomic mass is 9.98. The predicted octanol–water partition coefficient (Wildman–Crippen LogP) is 2.69. The van der Waals surface area contributed by atoms with Gasteiger partial charge in [-0.3, -0.25) is 0 Å². The van der Waals surface area contributed by atoms with Crippen LogP contribution in [0.1, 0.15) is 37.3 Å². The molecule has 7 heteroatoms. The molecule has 0 aromatic carbocycles. The molecule has 3 aromatic rings. The molecule has 0 spiro atoms. The molecule has 3 aromatic heterocycles. The van der Waals surface area contributed by atoms with Gasteiger partial charge < -0.3 is 9.64 Å². The summed E-state index contributed by atoms with van der Waals surface area (Å²) in [6.07, 6.45) is 8.34. The van der Waals surface area contributed by atoms with Crippen molar-refractivity contribution in [1.82, 2.24) is 24.8 Å². The first-order valence-corrected chi connectivity index (χ1v) is 9.37. The molecule has 0 N–H and O–H groups in total. The second-order valence-electron chi connectivity index (χ2n) is 7.23. The van der Waals surface area contributed by atoms with Crippen LogP contribution in [0.3, 0.4) is 0 Å². The molecule has 1 saturated carbocycles. The van der Waals surface area contributed by atoms with Crippen molar-refractivity contribution < 1.29 is 4.74 Å². The molecule has 26 heavy (non-hydrogen) atoms. The third-order valence-corrected chi connectivity index (χ3v) is 5.30. The molecule has 0 unspecified atom stereocenters. The van der Waals surface area contributed by atoms with E-state index in [1.54, 1.807) is 6.20 Å². The van der Waals surface area contributed by atoms with Crippen LogP contribution in [0.2, 0.25) is 0 Å². The van der Waals surface area contributed by atoms with Crippen LogP contribution >= 0.6 is 0 Å². The fourth-order valence-electron chi connectivity index (χ4n) is 3.51. The summed E-state index contributed by atoms with van der Waals surface area (Å²) in [4.78, 5) is 6.58. The lowest BCUT2D eigenvalue weighted by molar-refractivity contribution is 0.214. The maximum Gasteiger partial charge on any atom is 0.233 e. The lowest BCUT2D eigenvalue weighted by Gasteiger charge is -2.32. The number of imidazole rings is 1. The molecule has 1 saturated heterocycles. The number of rotatable bonds is 5. The van der Waals surface area contributed by atoms with Crippen molar-refractivity contribution in [2.45, 2.75) is 31.6 Å². The van der Waals surface area contributed by atoms with E-state index in [0.717, 1.165) is 43.1 Å². The van der Waals surface area contributed by atoms with Crippen LogP contribution in [0.25, 0.3) is 5.65 Å². The second-order valence-corrected chi connectivity index (χ2v) is 7.23. The highest BCUT2D eigenvalue weighted by Gasteiger charge is 2.25. The summed E-state index contributed by atoms with van der Waals surface area (Å²) in [5.41, 5.74) is 1.99. The van der Waals surface area contributed by atoms with Gasteiger partial charge in [-0.25, -0.2) is 9.50 Å². The van der Waals surface area contributed by atoms with Crippen LogP contribution in [0.5, 0.6) is 5.88 Å². The quantitative estimate of drug-likeness (QED) is 0.705. The molecule has 7 nitrogen and oxygen atoms in total. The van der Waals surface area contributed by atoms with Crippen molar-refractivity contribution in [2.24, 2.45) is 5.92 Å². The summed E-state index contributed by atoms with van der Waals surface area (Å²) in [6, 6.07) is 8.08. The number of nitrogens with zero attached hydrogens (tertiary/aromatic N) is 6. The van der Waals surface area contributed by atoms with Gasteiger partial charge in [-0.05, 0) is 49.8 Å². The van der Waals surface area contributed by atoms with Gasteiger partial charge in [0.25, 0.3) is 0 Å². The minimum atomic E-state index is 0.549. The largest absolute Gasteiger partial charge is 0.476 e. The van der Waals surface area contributed by atoms with Gasteiger partial charge in [0.1, 0.15) is 5.82 Å². The van der Waals surface area contributed by atoms with Crippen molar-refractivity contribution in [3.8, 4) is 5.88 Å². The molecule has 0 bridgehead atoms. The number of fused-ring (bicyclic) bond motifs is 1. The summed E-state index contributed by atoms with van der Waals surface area (Å²) >= 11 is 0. The van der Waals surface area contributed by atoms with E-state index in [1.165, 1.54) is 12.8 Å². The number of ether oxygens (including phenoxy) is 1. The summed E-state index contributed by atoms with van der Waals surface area (Å²) in [5, 5.41) is 13.1. The first kappa shape index (κ1) is 15.5. The maximum absolute atomic E-state index is 5.87. The summed E-state index contributed by atoms with van der Waals surface area (Å²) in [6.45, 7) is 2.69. The average molecular weight is 350 g/mol. The molecule has 0 radical (unpaired) electrons.